The zero-order chi connectivity index (χ0) is 18.6. The lowest BCUT2D eigenvalue weighted by atomic mass is 10.1. The van der Waals surface area contributed by atoms with Crippen molar-refractivity contribution >= 4 is 17.5 Å². The van der Waals surface area contributed by atoms with Crippen molar-refractivity contribution in [1.29, 1.82) is 0 Å². The zero-order valence-electron chi connectivity index (χ0n) is 15.3. The monoisotopic (exact) mass is 364 g/mol. The molecule has 0 aliphatic heterocycles. The van der Waals surface area contributed by atoms with E-state index >= 15 is 0 Å². The predicted molar refractivity (Wildman–Crippen MR) is 99.2 cm³/mol. The number of hydrogen-bond donors (Lipinski definition) is 1. The van der Waals surface area contributed by atoms with Gasteiger partial charge in [0.15, 0.2) is 6.10 Å². The highest BCUT2D eigenvalue weighted by Crippen LogP contribution is 2.26. The molecule has 136 valence electrons. The molecular weight excluding hydrogens is 340 g/mol. The first kappa shape index (κ1) is 19.3. The van der Waals surface area contributed by atoms with Crippen molar-refractivity contribution in [3.63, 3.8) is 0 Å². The fraction of sp³-hybridized carbons (Fsp3) is 0.421. The number of halogens is 1. The Morgan fingerprint density at radius 1 is 1.32 bits per heavy atom. The molecule has 0 saturated carbocycles. The van der Waals surface area contributed by atoms with Gasteiger partial charge in [0.1, 0.15) is 11.5 Å². The van der Waals surface area contributed by atoms with E-state index in [9.17, 15) is 4.79 Å². The molecule has 2 rings (SSSR count). The van der Waals surface area contributed by atoms with Gasteiger partial charge in [-0.05, 0) is 70.3 Å². The van der Waals surface area contributed by atoms with Gasteiger partial charge in [-0.25, -0.2) is 0 Å². The lowest BCUT2D eigenvalue weighted by Gasteiger charge is -2.23. The fourth-order valence-electron chi connectivity index (χ4n) is 2.59. The highest BCUT2D eigenvalue weighted by atomic mass is 35.5. The number of aryl methyl sites for hydroxylation is 2. The van der Waals surface area contributed by atoms with Gasteiger partial charge in [-0.15, -0.1) is 0 Å². The van der Waals surface area contributed by atoms with Crippen molar-refractivity contribution in [2.75, 3.05) is 20.6 Å². The van der Waals surface area contributed by atoms with E-state index in [1.165, 1.54) is 0 Å². The Hall–Kier alpha value is -1.98. The number of ether oxygens (including phenoxy) is 1. The summed E-state index contributed by atoms with van der Waals surface area (Å²) in [5.41, 5.74) is 1.85. The minimum atomic E-state index is -0.612. The summed E-state index contributed by atoms with van der Waals surface area (Å²) in [6.45, 7) is 5.99. The van der Waals surface area contributed by atoms with Crippen molar-refractivity contribution in [2.24, 2.45) is 0 Å². The standard InChI is InChI=1S/C19H25ClN2O3/c1-12-9-15(10-13(2)18(12)20)25-14(3)19(23)21-11-16(22(4)5)17-7-6-8-24-17/h6-10,14,16H,11H2,1-5H3,(H,21,23). The SMILES string of the molecule is Cc1cc(OC(C)C(=O)NCC(c2ccco2)N(C)C)cc(C)c1Cl. The van der Waals surface area contributed by atoms with Gasteiger partial charge in [0.05, 0.1) is 12.3 Å². The molecule has 1 N–H and O–H groups in total. The summed E-state index contributed by atoms with van der Waals surface area (Å²) in [6.07, 6.45) is 1.02. The molecule has 0 fully saturated rings. The third-order valence-corrected chi connectivity index (χ3v) is 4.65. The minimum Gasteiger partial charge on any atom is -0.481 e. The van der Waals surface area contributed by atoms with E-state index in [0.717, 1.165) is 21.9 Å². The van der Waals surface area contributed by atoms with Crippen molar-refractivity contribution in [1.82, 2.24) is 10.2 Å². The van der Waals surface area contributed by atoms with E-state index in [2.05, 4.69) is 5.32 Å². The Morgan fingerprint density at radius 2 is 1.96 bits per heavy atom. The van der Waals surface area contributed by atoms with E-state index in [1.54, 1.807) is 13.2 Å². The maximum absolute atomic E-state index is 12.4. The second-order valence-corrected chi connectivity index (χ2v) is 6.75. The molecule has 1 aromatic carbocycles. The van der Waals surface area contributed by atoms with Crippen LogP contribution in [-0.2, 0) is 4.79 Å². The van der Waals surface area contributed by atoms with Gasteiger partial charge in [0.25, 0.3) is 5.91 Å². The number of nitrogens with one attached hydrogen (secondary N) is 1. The molecule has 1 amide bonds. The number of furan rings is 1. The summed E-state index contributed by atoms with van der Waals surface area (Å²) in [5.74, 6) is 1.27. The van der Waals surface area contributed by atoms with Gasteiger partial charge in [-0.3, -0.25) is 9.69 Å². The Labute approximate surface area is 153 Å². The largest absolute Gasteiger partial charge is 0.481 e. The summed E-state index contributed by atoms with van der Waals surface area (Å²) in [7, 11) is 3.89. The van der Waals surface area contributed by atoms with Crippen molar-refractivity contribution in [3.8, 4) is 5.75 Å². The molecule has 0 aliphatic carbocycles. The summed E-state index contributed by atoms with van der Waals surface area (Å²) in [4.78, 5) is 14.4. The molecule has 1 aromatic heterocycles. The van der Waals surface area contributed by atoms with Crippen LogP contribution in [0.3, 0.4) is 0 Å². The lowest BCUT2D eigenvalue weighted by Crippen LogP contribution is -2.40. The van der Waals surface area contributed by atoms with Crippen LogP contribution in [0.2, 0.25) is 5.02 Å². The molecule has 0 radical (unpaired) electrons. The van der Waals surface area contributed by atoms with Gasteiger partial charge in [0.2, 0.25) is 0 Å². The van der Waals surface area contributed by atoms with Gasteiger partial charge >= 0.3 is 0 Å². The molecule has 1 heterocycles. The highest BCUT2D eigenvalue weighted by Gasteiger charge is 2.21. The molecule has 2 unspecified atom stereocenters. The number of amides is 1. The Bertz CT molecular complexity index is 690. The smallest absolute Gasteiger partial charge is 0.260 e. The average Bonchev–Trinajstić information content (AvgIpc) is 3.06. The number of carbonyl (C=O) groups is 1. The second-order valence-electron chi connectivity index (χ2n) is 6.37. The molecule has 0 bridgehead atoms. The van der Waals surface area contributed by atoms with Crippen LogP contribution in [0, 0.1) is 13.8 Å². The predicted octanol–water partition coefficient (Wildman–Crippen LogP) is 3.74. The number of rotatable bonds is 7. The number of nitrogens with zero attached hydrogens (tertiary/aromatic N) is 1. The van der Waals surface area contributed by atoms with Crippen LogP contribution < -0.4 is 10.1 Å². The number of benzene rings is 1. The molecule has 25 heavy (non-hydrogen) atoms. The molecule has 6 heteroatoms. The molecule has 0 spiro atoms. The average molecular weight is 365 g/mol. The van der Waals surface area contributed by atoms with E-state index in [4.69, 9.17) is 20.8 Å². The first-order valence-electron chi connectivity index (χ1n) is 8.20. The van der Waals surface area contributed by atoms with E-state index in [0.29, 0.717) is 12.3 Å². The first-order valence-corrected chi connectivity index (χ1v) is 8.58. The molecule has 2 atom stereocenters. The Balaban J connectivity index is 1.96. The summed E-state index contributed by atoms with van der Waals surface area (Å²) in [6, 6.07) is 7.38. The van der Waals surface area contributed by atoms with Crippen molar-refractivity contribution in [3.05, 3.63) is 52.4 Å². The number of carbonyl (C=O) groups excluding carboxylic acids is 1. The van der Waals surface area contributed by atoms with Crippen LogP contribution in [0.5, 0.6) is 5.75 Å². The van der Waals surface area contributed by atoms with Gasteiger partial charge < -0.3 is 14.5 Å². The Kier molecular flexibility index (Phi) is 6.51. The zero-order valence-corrected chi connectivity index (χ0v) is 16.1. The van der Waals surface area contributed by atoms with Crippen LogP contribution in [0.1, 0.15) is 29.9 Å². The third-order valence-electron chi connectivity index (χ3n) is 4.06. The number of hydrogen-bond acceptors (Lipinski definition) is 4. The molecule has 0 saturated heterocycles. The van der Waals surface area contributed by atoms with Gasteiger partial charge in [-0.1, -0.05) is 11.6 Å². The maximum Gasteiger partial charge on any atom is 0.260 e. The molecular formula is C19H25ClN2O3. The summed E-state index contributed by atoms with van der Waals surface area (Å²) < 4.78 is 11.2. The maximum atomic E-state index is 12.4. The quantitative estimate of drug-likeness (QED) is 0.813. The molecule has 5 nitrogen and oxygen atoms in total. The fourth-order valence-corrected chi connectivity index (χ4v) is 2.70. The minimum absolute atomic E-state index is 0.0360. The van der Waals surface area contributed by atoms with Gasteiger partial charge in [-0.2, -0.15) is 0 Å². The van der Waals surface area contributed by atoms with Crippen LogP contribution in [0.25, 0.3) is 0 Å². The van der Waals surface area contributed by atoms with Crippen LogP contribution in [0.4, 0.5) is 0 Å². The topological polar surface area (TPSA) is 54.7 Å². The summed E-state index contributed by atoms with van der Waals surface area (Å²) >= 11 is 6.16. The normalized spacial score (nSPS) is 13.6. The first-order chi connectivity index (χ1) is 11.8. The van der Waals surface area contributed by atoms with Crippen LogP contribution >= 0.6 is 11.6 Å². The lowest BCUT2D eigenvalue weighted by molar-refractivity contribution is -0.127. The van der Waals surface area contributed by atoms with Gasteiger partial charge in [0, 0.05) is 11.6 Å². The summed E-state index contributed by atoms with van der Waals surface area (Å²) in [5, 5.41) is 3.64. The van der Waals surface area contributed by atoms with E-state index in [1.807, 2.05) is 57.1 Å². The third kappa shape index (κ3) is 5.00. The molecule has 2 aromatic rings. The number of likely N-dealkylation sites (N-methyl/N-ethyl adjacent to an activating group) is 1. The van der Waals surface area contributed by atoms with Crippen molar-refractivity contribution < 1.29 is 13.9 Å². The Morgan fingerprint density at radius 3 is 2.48 bits per heavy atom. The second kappa shape index (κ2) is 8.41. The molecule has 0 aliphatic rings. The van der Waals surface area contributed by atoms with E-state index < -0.39 is 6.10 Å². The van der Waals surface area contributed by atoms with Crippen LogP contribution in [0.15, 0.2) is 34.9 Å². The highest BCUT2D eigenvalue weighted by molar-refractivity contribution is 6.32. The van der Waals surface area contributed by atoms with E-state index in [-0.39, 0.29) is 11.9 Å². The van der Waals surface area contributed by atoms with Crippen molar-refractivity contribution in [2.45, 2.75) is 32.9 Å². The van der Waals surface area contributed by atoms with Crippen LogP contribution in [-0.4, -0.2) is 37.6 Å².